The average Bonchev–Trinajstić information content (AvgIpc) is 1.94. The van der Waals surface area contributed by atoms with Crippen molar-refractivity contribution in [2.24, 2.45) is 5.73 Å². The van der Waals surface area contributed by atoms with Crippen molar-refractivity contribution < 1.29 is 0 Å². The molecule has 0 radical (unpaired) electrons. The Morgan fingerprint density at radius 2 is 2.50 bits per heavy atom. The maximum atomic E-state index is 5.41. The fourth-order valence-corrected chi connectivity index (χ4v) is 0.881. The van der Waals surface area contributed by atoms with Crippen molar-refractivity contribution in [1.82, 2.24) is 9.97 Å². The fourth-order valence-electron chi connectivity index (χ4n) is 0.705. The van der Waals surface area contributed by atoms with Crippen LogP contribution in [0.4, 0.5) is 0 Å². The summed E-state index contributed by atoms with van der Waals surface area (Å²) in [6.45, 7) is 2.43. The second kappa shape index (κ2) is 2.90. The van der Waals surface area contributed by atoms with Crippen LogP contribution in [0.2, 0.25) is 0 Å². The second-order valence-electron chi connectivity index (χ2n) is 2.05. The molecule has 0 saturated carbocycles. The van der Waals surface area contributed by atoms with Gasteiger partial charge in [0.05, 0.1) is 0 Å². The zero-order valence-corrected chi connectivity index (χ0v) is 6.53. The molecule has 3 N–H and O–H groups in total. The number of rotatable bonds is 1. The van der Waals surface area contributed by atoms with Crippen molar-refractivity contribution in [3.8, 4) is 0 Å². The average molecular weight is 155 g/mol. The Morgan fingerprint density at radius 1 is 1.80 bits per heavy atom. The van der Waals surface area contributed by atoms with Gasteiger partial charge in [0, 0.05) is 18.4 Å². The molecule has 0 bridgehead atoms. The first-order valence-corrected chi connectivity index (χ1v) is 3.39. The predicted molar refractivity (Wildman–Crippen MR) is 42.1 cm³/mol. The molecule has 1 heterocycles. The van der Waals surface area contributed by atoms with Gasteiger partial charge in [-0.3, -0.25) is 0 Å². The summed E-state index contributed by atoms with van der Waals surface area (Å²) in [5.41, 5.74) is 7.42. The van der Waals surface area contributed by atoms with Crippen molar-refractivity contribution in [1.29, 1.82) is 0 Å². The van der Waals surface area contributed by atoms with Gasteiger partial charge in [0.2, 0.25) is 0 Å². The number of aromatic nitrogens is 2. The van der Waals surface area contributed by atoms with Gasteiger partial charge in [-0.1, -0.05) is 0 Å². The van der Waals surface area contributed by atoms with Crippen LogP contribution >= 0.6 is 12.2 Å². The summed E-state index contributed by atoms with van der Waals surface area (Å²) in [7, 11) is 0. The van der Waals surface area contributed by atoms with E-state index in [9.17, 15) is 0 Å². The number of H-pyrrole nitrogens is 1. The first kappa shape index (κ1) is 7.37. The standard InChI is InChI=1S/C6H9N3S/c1-4-3-8-6(10)9-5(4)2-7/h3H,2,7H2,1H3,(H,8,9,10). The highest BCUT2D eigenvalue weighted by atomic mass is 32.1. The molecule has 0 aliphatic carbocycles. The van der Waals surface area contributed by atoms with Crippen LogP contribution in [0.5, 0.6) is 0 Å². The normalized spacial score (nSPS) is 9.80. The van der Waals surface area contributed by atoms with Gasteiger partial charge in [-0.15, -0.1) is 0 Å². The predicted octanol–water partition coefficient (Wildman–Crippen LogP) is 0.906. The van der Waals surface area contributed by atoms with Crippen molar-refractivity contribution >= 4 is 12.2 Å². The van der Waals surface area contributed by atoms with E-state index in [1.165, 1.54) is 0 Å². The summed E-state index contributed by atoms with van der Waals surface area (Å²) in [6, 6.07) is 0. The molecule has 10 heavy (non-hydrogen) atoms. The Labute approximate surface area is 64.3 Å². The topological polar surface area (TPSA) is 54.7 Å². The summed E-state index contributed by atoms with van der Waals surface area (Å²) < 4.78 is 0.492. The molecule has 0 spiro atoms. The van der Waals surface area contributed by atoms with E-state index in [2.05, 4.69) is 9.97 Å². The number of aryl methyl sites for hydroxylation is 1. The summed E-state index contributed by atoms with van der Waals surface area (Å²) in [6.07, 6.45) is 1.72. The zero-order valence-electron chi connectivity index (χ0n) is 5.72. The third kappa shape index (κ3) is 1.40. The third-order valence-electron chi connectivity index (χ3n) is 1.31. The zero-order chi connectivity index (χ0) is 7.56. The van der Waals surface area contributed by atoms with E-state index >= 15 is 0 Å². The van der Waals surface area contributed by atoms with Crippen LogP contribution in [0.3, 0.4) is 0 Å². The minimum atomic E-state index is 0.484. The first-order chi connectivity index (χ1) is 4.74. The number of hydrogen-bond donors (Lipinski definition) is 2. The molecule has 0 aliphatic heterocycles. The van der Waals surface area contributed by atoms with Crippen LogP contribution in [-0.4, -0.2) is 9.97 Å². The molecule has 1 aromatic rings. The van der Waals surface area contributed by atoms with Crippen LogP contribution < -0.4 is 5.73 Å². The second-order valence-corrected chi connectivity index (χ2v) is 2.44. The van der Waals surface area contributed by atoms with E-state index in [1.807, 2.05) is 6.92 Å². The quantitative estimate of drug-likeness (QED) is 0.592. The molecule has 1 rings (SSSR count). The third-order valence-corrected chi connectivity index (χ3v) is 1.52. The molecule has 4 heteroatoms. The van der Waals surface area contributed by atoms with Crippen LogP contribution in [0, 0.1) is 11.7 Å². The largest absolute Gasteiger partial charge is 0.333 e. The van der Waals surface area contributed by atoms with Crippen LogP contribution in [0.25, 0.3) is 0 Å². The van der Waals surface area contributed by atoms with Gasteiger partial charge in [0.15, 0.2) is 4.77 Å². The van der Waals surface area contributed by atoms with Crippen LogP contribution in [0.15, 0.2) is 6.20 Å². The number of nitrogens with one attached hydrogen (secondary N) is 1. The molecule has 3 nitrogen and oxygen atoms in total. The number of nitrogens with two attached hydrogens (primary N) is 1. The summed E-state index contributed by atoms with van der Waals surface area (Å²) in [5, 5.41) is 0. The van der Waals surface area contributed by atoms with E-state index in [0.29, 0.717) is 11.3 Å². The van der Waals surface area contributed by atoms with Gasteiger partial charge in [0.25, 0.3) is 0 Å². The lowest BCUT2D eigenvalue weighted by Gasteiger charge is -1.99. The lowest BCUT2D eigenvalue weighted by molar-refractivity contribution is 0.929. The van der Waals surface area contributed by atoms with Gasteiger partial charge < -0.3 is 10.7 Å². The van der Waals surface area contributed by atoms with Gasteiger partial charge in [0.1, 0.15) is 0 Å². The number of aromatic amines is 1. The van der Waals surface area contributed by atoms with Crippen molar-refractivity contribution in [2.45, 2.75) is 13.5 Å². The summed E-state index contributed by atoms with van der Waals surface area (Å²) in [4.78, 5) is 6.79. The lowest BCUT2D eigenvalue weighted by Crippen LogP contribution is -2.03. The lowest BCUT2D eigenvalue weighted by atomic mass is 10.2. The molecule has 0 atom stereocenters. The van der Waals surface area contributed by atoms with Crippen LogP contribution in [0.1, 0.15) is 11.3 Å². The highest BCUT2D eigenvalue weighted by Gasteiger charge is 1.93. The summed E-state index contributed by atoms with van der Waals surface area (Å²) in [5.74, 6) is 0. The minimum absolute atomic E-state index is 0.484. The molecule has 0 fully saturated rings. The van der Waals surface area contributed by atoms with Gasteiger partial charge in [-0.25, -0.2) is 4.98 Å². The fraction of sp³-hybridized carbons (Fsp3) is 0.333. The number of hydrogen-bond acceptors (Lipinski definition) is 3. The molecule has 54 valence electrons. The van der Waals surface area contributed by atoms with E-state index in [1.54, 1.807) is 6.20 Å². The summed E-state index contributed by atoms with van der Waals surface area (Å²) >= 11 is 4.80. The van der Waals surface area contributed by atoms with Gasteiger partial charge in [-0.05, 0) is 24.7 Å². The SMILES string of the molecule is Cc1cnc(=S)[nH]c1CN. The van der Waals surface area contributed by atoms with E-state index in [-0.39, 0.29) is 0 Å². The van der Waals surface area contributed by atoms with E-state index < -0.39 is 0 Å². The Bertz CT molecular complexity index is 279. The first-order valence-electron chi connectivity index (χ1n) is 2.99. The van der Waals surface area contributed by atoms with E-state index in [4.69, 9.17) is 18.0 Å². The highest BCUT2D eigenvalue weighted by molar-refractivity contribution is 7.71. The molecule has 0 saturated heterocycles. The smallest absolute Gasteiger partial charge is 0.196 e. The molecular weight excluding hydrogens is 146 g/mol. The number of nitrogens with zero attached hydrogens (tertiary/aromatic N) is 1. The Balaban J connectivity index is 3.22. The van der Waals surface area contributed by atoms with Crippen molar-refractivity contribution in [3.63, 3.8) is 0 Å². The molecule has 0 unspecified atom stereocenters. The Morgan fingerprint density at radius 3 is 3.00 bits per heavy atom. The van der Waals surface area contributed by atoms with Gasteiger partial charge in [-0.2, -0.15) is 0 Å². The van der Waals surface area contributed by atoms with Crippen molar-refractivity contribution in [3.05, 3.63) is 22.2 Å². The maximum Gasteiger partial charge on any atom is 0.196 e. The molecule has 1 aromatic heterocycles. The van der Waals surface area contributed by atoms with E-state index in [0.717, 1.165) is 11.3 Å². The molecule has 0 aliphatic rings. The van der Waals surface area contributed by atoms with Crippen molar-refractivity contribution in [2.75, 3.05) is 0 Å². The maximum absolute atomic E-state index is 5.41. The Kier molecular flexibility index (Phi) is 2.13. The minimum Gasteiger partial charge on any atom is -0.333 e. The molecular formula is C6H9N3S. The highest BCUT2D eigenvalue weighted by Crippen LogP contribution is 1.99. The molecule has 0 amide bonds. The van der Waals surface area contributed by atoms with Crippen LogP contribution in [-0.2, 0) is 6.54 Å². The van der Waals surface area contributed by atoms with Gasteiger partial charge >= 0.3 is 0 Å². The monoisotopic (exact) mass is 155 g/mol. The molecule has 0 aromatic carbocycles. The Hall–Kier alpha value is -0.740.